The van der Waals surface area contributed by atoms with E-state index in [1.54, 1.807) is 0 Å². The van der Waals surface area contributed by atoms with Gasteiger partial charge in [-0.3, -0.25) is 4.79 Å². The van der Waals surface area contributed by atoms with Crippen LogP contribution >= 0.6 is 0 Å². The van der Waals surface area contributed by atoms with Crippen molar-refractivity contribution in [3.63, 3.8) is 0 Å². The fourth-order valence-electron chi connectivity index (χ4n) is 3.61. The Balaban J connectivity index is 1.85. The van der Waals surface area contributed by atoms with Gasteiger partial charge in [0, 0.05) is 18.0 Å². The summed E-state index contributed by atoms with van der Waals surface area (Å²) in [6.07, 6.45) is 3.33. The number of hydrogen-bond acceptors (Lipinski definition) is 3. The molecule has 0 N–H and O–H groups in total. The minimum atomic E-state index is 0.0929. The molecular formula is C21H22N2O2. The van der Waals surface area contributed by atoms with E-state index in [0.29, 0.717) is 17.0 Å². The maximum Gasteiger partial charge on any atom is 0.254 e. The number of amides is 1. The Morgan fingerprint density at radius 3 is 2.80 bits per heavy atom. The molecule has 1 unspecified atom stereocenters. The number of rotatable bonds is 2. The third-order valence-electron chi connectivity index (χ3n) is 5.00. The second-order valence-corrected chi connectivity index (χ2v) is 6.83. The van der Waals surface area contributed by atoms with Gasteiger partial charge in [0.15, 0.2) is 5.76 Å². The number of aryl methyl sites for hydroxylation is 1. The molecule has 1 amide bonds. The number of furan rings is 1. The topological polar surface area (TPSA) is 46.3 Å². The van der Waals surface area contributed by atoms with Crippen molar-refractivity contribution >= 4 is 16.8 Å². The van der Waals surface area contributed by atoms with E-state index in [1.807, 2.05) is 54.3 Å². The van der Waals surface area contributed by atoms with Gasteiger partial charge in [-0.1, -0.05) is 18.2 Å². The van der Waals surface area contributed by atoms with Gasteiger partial charge in [-0.05, 0) is 57.4 Å². The van der Waals surface area contributed by atoms with Crippen molar-refractivity contribution in [2.24, 2.45) is 0 Å². The number of carbonyl (C=O) groups is 1. The maximum atomic E-state index is 13.3. The SMILES string of the molecule is Cc1ccc(-c2cc(C(=O)N3CCCCC3C)c3ccccc3n2)o1. The van der Waals surface area contributed by atoms with Gasteiger partial charge in [0.25, 0.3) is 5.91 Å². The average Bonchev–Trinajstić information content (AvgIpc) is 3.07. The number of aromatic nitrogens is 1. The number of piperidine rings is 1. The van der Waals surface area contributed by atoms with E-state index in [1.165, 1.54) is 6.42 Å². The molecule has 128 valence electrons. The summed E-state index contributed by atoms with van der Waals surface area (Å²) < 4.78 is 5.73. The number of para-hydroxylation sites is 1. The van der Waals surface area contributed by atoms with Crippen LogP contribution in [0.25, 0.3) is 22.4 Å². The molecule has 3 heterocycles. The first-order valence-electron chi connectivity index (χ1n) is 8.91. The molecule has 25 heavy (non-hydrogen) atoms. The van der Waals surface area contributed by atoms with Crippen LogP contribution in [0.4, 0.5) is 0 Å². The lowest BCUT2D eigenvalue weighted by atomic mass is 10.00. The van der Waals surface area contributed by atoms with Crippen LogP contribution in [0, 0.1) is 6.92 Å². The fraction of sp³-hybridized carbons (Fsp3) is 0.333. The van der Waals surface area contributed by atoms with E-state index in [2.05, 4.69) is 6.92 Å². The van der Waals surface area contributed by atoms with Gasteiger partial charge in [-0.2, -0.15) is 0 Å². The summed E-state index contributed by atoms with van der Waals surface area (Å²) in [6, 6.07) is 13.8. The highest BCUT2D eigenvalue weighted by molar-refractivity contribution is 6.07. The van der Waals surface area contributed by atoms with Crippen LogP contribution in [-0.2, 0) is 0 Å². The monoisotopic (exact) mass is 334 g/mol. The number of nitrogens with zero attached hydrogens (tertiary/aromatic N) is 2. The van der Waals surface area contributed by atoms with E-state index in [9.17, 15) is 4.79 Å². The first-order valence-corrected chi connectivity index (χ1v) is 8.91. The number of pyridine rings is 1. The first kappa shape index (κ1) is 15.9. The summed E-state index contributed by atoms with van der Waals surface area (Å²) in [5.41, 5.74) is 2.24. The molecule has 1 atom stereocenters. The molecule has 4 nitrogen and oxygen atoms in total. The number of hydrogen-bond donors (Lipinski definition) is 0. The van der Waals surface area contributed by atoms with Gasteiger partial charge in [0.05, 0.1) is 11.1 Å². The molecule has 3 aromatic rings. The molecule has 0 bridgehead atoms. The Hall–Kier alpha value is -2.62. The minimum Gasteiger partial charge on any atom is -0.460 e. The second kappa shape index (κ2) is 6.36. The Morgan fingerprint density at radius 1 is 1.20 bits per heavy atom. The summed E-state index contributed by atoms with van der Waals surface area (Å²) in [7, 11) is 0. The van der Waals surface area contributed by atoms with Crippen LogP contribution in [-0.4, -0.2) is 28.4 Å². The quantitative estimate of drug-likeness (QED) is 0.675. The molecule has 0 spiro atoms. The van der Waals surface area contributed by atoms with Crippen molar-refractivity contribution in [2.75, 3.05) is 6.54 Å². The zero-order valence-electron chi connectivity index (χ0n) is 14.7. The van der Waals surface area contributed by atoms with Crippen molar-refractivity contribution < 1.29 is 9.21 Å². The predicted molar refractivity (Wildman–Crippen MR) is 98.5 cm³/mol. The van der Waals surface area contributed by atoms with Crippen molar-refractivity contribution in [2.45, 2.75) is 39.2 Å². The number of carbonyl (C=O) groups excluding carboxylic acids is 1. The molecule has 1 aliphatic heterocycles. The molecule has 1 fully saturated rings. The van der Waals surface area contributed by atoms with E-state index in [-0.39, 0.29) is 11.9 Å². The molecule has 4 rings (SSSR count). The second-order valence-electron chi connectivity index (χ2n) is 6.83. The van der Waals surface area contributed by atoms with Crippen molar-refractivity contribution in [1.29, 1.82) is 0 Å². The Kier molecular flexibility index (Phi) is 4.04. The van der Waals surface area contributed by atoms with E-state index in [4.69, 9.17) is 9.40 Å². The van der Waals surface area contributed by atoms with Gasteiger partial charge < -0.3 is 9.32 Å². The lowest BCUT2D eigenvalue weighted by molar-refractivity contribution is 0.0637. The molecular weight excluding hydrogens is 312 g/mol. The normalized spacial score (nSPS) is 17.8. The molecule has 1 saturated heterocycles. The van der Waals surface area contributed by atoms with Crippen LogP contribution in [0.1, 0.15) is 42.3 Å². The van der Waals surface area contributed by atoms with E-state index < -0.39 is 0 Å². The van der Waals surface area contributed by atoms with Gasteiger partial charge in [0.2, 0.25) is 0 Å². The van der Waals surface area contributed by atoms with E-state index >= 15 is 0 Å². The van der Waals surface area contributed by atoms with Crippen LogP contribution in [0.3, 0.4) is 0 Å². The lowest BCUT2D eigenvalue weighted by Gasteiger charge is -2.33. The number of likely N-dealkylation sites (tertiary alicyclic amines) is 1. The van der Waals surface area contributed by atoms with Crippen LogP contribution in [0.15, 0.2) is 46.9 Å². The standard InChI is InChI=1S/C21H22N2O2/c1-14-7-5-6-12-23(14)21(24)17-13-19(20-11-10-15(2)25-20)22-18-9-4-3-8-16(17)18/h3-4,8-11,13-14H,5-7,12H2,1-2H3. The molecule has 4 heteroatoms. The van der Waals surface area contributed by atoms with Crippen molar-refractivity contribution in [1.82, 2.24) is 9.88 Å². The first-order chi connectivity index (χ1) is 12.1. The third-order valence-corrected chi connectivity index (χ3v) is 5.00. The predicted octanol–water partition coefficient (Wildman–Crippen LogP) is 4.82. The van der Waals surface area contributed by atoms with Gasteiger partial charge in [0.1, 0.15) is 11.5 Å². The zero-order valence-corrected chi connectivity index (χ0v) is 14.7. The highest BCUT2D eigenvalue weighted by atomic mass is 16.3. The Labute approximate surface area is 147 Å². The largest absolute Gasteiger partial charge is 0.460 e. The number of fused-ring (bicyclic) bond motifs is 1. The number of benzene rings is 1. The van der Waals surface area contributed by atoms with Crippen molar-refractivity contribution in [3.05, 3.63) is 53.8 Å². The highest BCUT2D eigenvalue weighted by Gasteiger charge is 2.26. The van der Waals surface area contributed by atoms with E-state index in [0.717, 1.165) is 36.0 Å². The molecule has 1 aliphatic rings. The zero-order chi connectivity index (χ0) is 17.4. The van der Waals surface area contributed by atoms with Crippen LogP contribution in [0.2, 0.25) is 0 Å². The fourth-order valence-corrected chi connectivity index (χ4v) is 3.61. The van der Waals surface area contributed by atoms with Crippen LogP contribution in [0.5, 0.6) is 0 Å². The summed E-state index contributed by atoms with van der Waals surface area (Å²) in [4.78, 5) is 20.0. The van der Waals surface area contributed by atoms with Gasteiger partial charge in [-0.15, -0.1) is 0 Å². The summed E-state index contributed by atoms with van der Waals surface area (Å²) in [5, 5.41) is 0.900. The molecule has 1 aromatic carbocycles. The maximum absolute atomic E-state index is 13.3. The molecule has 0 radical (unpaired) electrons. The summed E-state index contributed by atoms with van der Waals surface area (Å²) >= 11 is 0. The molecule has 2 aromatic heterocycles. The van der Waals surface area contributed by atoms with Gasteiger partial charge in [-0.25, -0.2) is 4.98 Å². The summed E-state index contributed by atoms with van der Waals surface area (Å²) in [5.74, 6) is 1.63. The average molecular weight is 334 g/mol. The summed E-state index contributed by atoms with van der Waals surface area (Å²) in [6.45, 7) is 4.87. The smallest absolute Gasteiger partial charge is 0.254 e. The lowest BCUT2D eigenvalue weighted by Crippen LogP contribution is -2.42. The van der Waals surface area contributed by atoms with Crippen LogP contribution < -0.4 is 0 Å². The molecule has 0 aliphatic carbocycles. The Bertz CT molecular complexity index is 929. The Morgan fingerprint density at radius 2 is 2.04 bits per heavy atom. The molecule has 0 saturated carbocycles. The van der Waals surface area contributed by atoms with Crippen molar-refractivity contribution in [3.8, 4) is 11.5 Å². The highest BCUT2D eigenvalue weighted by Crippen LogP contribution is 2.28. The van der Waals surface area contributed by atoms with Gasteiger partial charge >= 0.3 is 0 Å². The third kappa shape index (κ3) is 2.93. The minimum absolute atomic E-state index is 0.0929.